The molecule has 4 N–H and O–H groups in total. The van der Waals surface area contributed by atoms with Crippen LogP contribution in [0.3, 0.4) is 0 Å². The van der Waals surface area contributed by atoms with Crippen molar-refractivity contribution in [3.8, 4) is 5.75 Å². The molecular weight excluding hydrogens is 392 g/mol. The number of nitrogens with one attached hydrogen (secondary N) is 2. The highest BCUT2D eigenvalue weighted by Crippen LogP contribution is 2.17. The summed E-state index contributed by atoms with van der Waals surface area (Å²) in [5.41, 5.74) is 6.03. The fourth-order valence-corrected chi connectivity index (χ4v) is 2.62. The van der Waals surface area contributed by atoms with E-state index in [9.17, 15) is 9.59 Å². The van der Waals surface area contributed by atoms with Gasteiger partial charge in [-0.3, -0.25) is 9.59 Å². The van der Waals surface area contributed by atoms with Crippen molar-refractivity contribution >= 4 is 47.5 Å². The lowest BCUT2D eigenvalue weighted by atomic mass is 10.3. The summed E-state index contributed by atoms with van der Waals surface area (Å²) in [6.07, 6.45) is 0. The van der Waals surface area contributed by atoms with Crippen molar-refractivity contribution in [2.45, 2.75) is 19.1 Å². The van der Waals surface area contributed by atoms with Crippen molar-refractivity contribution in [3.63, 3.8) is 0 Å². The first-order valence-corrected chi connectivity index (χ1v) is 9.11. The minimum absolute atomic E-state index is 0. The second-order valence-corrected chi connectivity index (χ2v) is 6.80. The van der Waals surface area contributed by atoms with Gasteiger partial charge in [0.15, 0.2) is 5.82 Å². The molecule has 1 unspecified atom stereocenters. The molecule has 0 aliphatic rings. The van der Waals surface area contributed by atoms with E-state index in [2.05, 4.69) is 15.8 Å². The monoisotopic (exact) mass is 414 g/mol. The van der Waals surface area contributed by atoms with Crippen molar-refractivity contribution in [3.05, 3.63) is 36.1 Å². The Bertz CT molecular complexity index is 739. The largest absolute Gasteiger partial charge is 0.492 e. The molecule has 0 saturated carbocycles. The number of thioether (sulfide) groups is 1. The molecule has 0 aliphatic carbocycles. The van der Waals surface area contributed by atoms with Crippen LogP contribution in [-0.4, -0.2) is 41.1 Å². The highest BCUT2D eigenvalue weighted by molar-refractivity contribution is 8.01. The molecule has 2 aromatic rings. The van der Waals surface area contributed by atoms with Crippen LogP contribution in [0.4, 0.5) is 11.5 Å². The van der Waals surface area contributed by atoms with Gasteiger partial charge in [0.05, 0.1) is 11.0 Å². The van der Waals surface area contributed by atoms with Crippen molar-refractivity contribution in [1.82, 2.24) is 5.16 Å². The number of carbonyl (C=O) groups excluding carboxylic acids is 2. The van der Waals surface area contributed by atoms with Crippen molar-refractivity contribution in [2.75, 3.05) is 29.5 Å². The first kappa shape index (κ1) is 22.8. The van der Waals surface area contributed by atoms with Gasteiger partial charge in [0.2, 0.25) is 11.8 Å². The lowest BCUT2D eigenvalue weighted by Crippen LogP contribution is -2.25. The highest BCUT2D eigenvalue weighted by Gasteiger charge is 2.16. The SMILES string of the molecule is Cc1cc(NC(=O)C(C)SCC(=O)Nc2ccc(OCCN)cc2)no1.Cl. The van der Waals surface area contributed by atoms with E-state index < -0.39 is 5.25 Å². The summed E-state index contributed by atoms with van der Waals surface area (Å²) in [6.45, 7) is 4.35. The van der Waals surface area contributed by atoms with E-state index in [-0.39, 0.29) is 30.0 Å². The number of nitrogens with zero attached hydrogens (tertiary/aromatic N) is 1. The lowest BCUT2D eigenvalue weighted by molar-refractivity contribution is -0.115. The zero-order valence-electron chi connectivity index (χ0n) is 15.1. The molecule has 10 heteroatoms. The quantitative estimate of drug-likeness (QED) is 0.576. The standard InChI is InChI=1S/C17H22N4O4S.ClH/c1-11-9-15(21-25-11)20-17(23)12(2)26-10-16(22)19-13-3-5-14(6-4-13)24-8-7-18;/h3-6,9,12H,7-8,10,18H2,1-2H3,(H,19,22)(H,20,21,23);1H. The van der Waals surface area contributed by atoms with Crippen LogP contribution in [0.1, 0.15) is 12.7 Å². The van der Waals surface area contributed by atoms with Crippen LogP contribution < -0.4 is 21.1 Å². The van der Waals surface area contributed by atoms with Crippen LogP contribution in [0.2, 0.25) is 0 Å². The first-order chi connectivity index (χ1) is 12.5. The molecular formula is C17H23ClN4O4S. The molecule has 0 bridgehead atoms. The van der Waals surface area contributed by atoms with E-state index in [1.54, 1.807) is 44.2 Å². The van der Waals surface area contributed by atoms with Crippen molar-refractivity contribution in [1.29, 1.82) is 0 Å². The predicted molar refractivity (Wildman–Crippen MR) is 109 cm³/mol. The average Bonchev–Trinajstić information content (AvgIpc) is 3.03. The summed E-state index contributed by atoms with van der Waals surface area (Å²) in [4.78, 5) is 24.1. The molecule has 1 aromatic carbocycles. The van der Waals surface area contributed by atoms with Gasteiger partial charge in [0, 0.05) is 18.3 Å². The molecule has 0 fully saturated rings. The molecule has 1 atom stereocenters. The average molecular weight is 415 g/mol. The third kappa shape index (κ3) is 7.90. The zero-order chi connectivity index (χ0) is 18.9. The maximum absolute atomic E-state index is 12.0. The van der Waals surface area contributed by atoms with E-state index in [0.717, 1.165) is 0 Å². The number of benzene rings is 1. The molecule has 1 heterocycles. The lowest BCUT2D eigenvalue weighted by Gasteiger charge is -2.11. The summed E-state index contributed by atoms with van der Waals surface area (Å²) >= 11 is 1.23. The van der Waals surface area contributed by atoms with E-state index in [1.165, 1.54) is 11.8 Å². The number of halogens is 1. The Morgan fingerprint density at radius 3 is 2.59 bits per heavy atom. The number of hydrogen-bond acceptors (Lipinski definition) is 7. The normalized spacial score (nSPS) is 11.2. The van der Waals surface area contributed by atoms with Gasteiger partial charge < -0.3 is 25.6 Å². The number of ether oxygens (including phenoxy) is 1. The Balaban J connectivity index is 0.00000364. The van der Waals surface area contributed by atoms with Crippen molar-refractivity contribution < 1.29 is 18.8 Å². The molecule has 0 spiro atoms. The summed E-state index contributed by atoms with van der Waals surface area (Å²) in [7, 11) is 0. The van der Waals surface area contributed by atoms with Crippen LogP contribution >= 0.6 is 24.2 Å². The Hall–Kier alpha value is -2.23. The molecule has 2 rings (SSSR count). The Morgan fingerprint density at radius 1 is 1.30 bits per heavy atom. The van der Waals surface area contributed by atoms with Gasteiger partial charge in [-0.1, -0.05) is 5.16 Å². The van der Waals surface area contributed by atoms with Crippen LogP contribution in [0, 0.1) is 6.92 Å². The van der Waals surface area contributed by atoms with Crippen LogP contribution in [0.5, 0.6) is 5.75 Å². The smallest absolute Gasteiger partial charge is 0.238 e. The van der Waals surface area contributed by atoms with Gasteiger partial charge in [0.25, 0.3) is 0 Å². The van der Waals surface area contributed by atoms with Crippen molar-refractivity contribution in [2.24, 2.45) is 5.73 Å². The topological polar surface area (TPSA) is 119 Å². The second kappa shape index (κ2) is 11.5. The molecule has 2 amide bonds. The number of hydrogen-bond donors (Lipinski definition) is 3. The molecule has 0 saturated heterocycles. The number of aryl methyl sites for hydroxylation is 1. The summed E-state index contributed by atoms with van der Waals surface area (Å²) in [5, 5.41) is 8.70. The number of aromatic nitrogens is 1. The first-order valence-electron chi connectivity index (χ1n) is 8.06. The summed E-state index contributed by atoms with van der Waals surface area (Å²) < 4.78 is 10.3. The molecule has 27 heavy (non-hydrogen) atoms. The maximum atomic E-state index is 12.0. The summed E-state index contributed by atoms with van der Waals surface area (Å²) in [6, 6.07) is 8.64. The maximum Gasteiger partial charge on any atom is 0.238 e. The third-order valence-corrected chi connectivity index (χ3v) is 4.38. The molecule has 148 valence electrons. The van der Waals surface area contributed by atoms with Crippen LogP contribution in [0.25, 0.3) is 0 Å². The minimum atomic E-state index is -0.412. The zero-order valence-corrected chi connectivity index (χ0v) is 16.7. The van der Waals surface area contributed by atoms with E-state index in [4.69, 9.17) is 15.0 Å². The molecule has 0 radical (unpaired) electrons. The fraction of sp³-hybridized carbons (Fsp3) is 0.353. The van der Waals surface area contributed by atoms with Gasteiger partial charge in [-0.25, -0.2) is 0 Å². The van der Waals surface area contributed by atoms with Gasteiger partial charge in [-0.15, -0.1) is 24.2 Å². The number of anilines is 2. The van der Waals surface area contributed by atoms with Gasteiger partial charge in [-0.05, 0) is 38.1 Å². The summed E-state index contributed by atoms with van der Waals surface area (Å²) in [5.74, 6) is 1.38. The number of amides is 2. The van der Waals surface area contributed by atoms with Gasteiger partial charge >= 0.3 is 0 Å². The van der Waals surface area contributed by atoms with Crippen LogP contribution in [0.15, 0.2) is 34.9 Å². The van der Waals surface area contributed by atoms with E-state index >= 15 is 0 Å². The minimum Gasteiger partial charge on any atom is -0.492 e. The molecule has 1 aromatic heterocycles. The Labute approximate surface area is 168 Å². The molecule has 0 aliphatic heterocycles. The fourth-order valence-electron chi connectivity index (χ4n) is 1.94. The van der Waals surface area contributed by atoms with Gasteiger partial charge in [-0.2, -0.15) is 0 Å². The van der Waals surface area contributed by atoms with Crippen LogP contribution in [-0.2, 0) is 9.59 Å². The Kier molecular flexibility index (Phi) is 9.70. The number of rotatable bonds is 9. The highest BCUT2D eigenvalue weighted by atomic mass is 35.5. The van der Waals surface area contributed by atoms with E-state index in [1.807, 2.05) is 0 Å². The predicted octanol–water partition coefficient (Wildman–Crippen LogP) is 2.44. The molecule has 8 nitrogen and oxygen atoms in total. The van der Waals surface area contributed by atoms with Gasteiger partial charge in [0.1, 0.15) is 18.1 Å². The third-order valence-electron chi connectivity index (χ3n) is 3.24. The van der Waals surface area contributed by atoms with E-state index in [0.29, 0.717) is 36.2 Å². The second-order valence-electron chi connectivity index (χ2n) is 5.47. The Morgan fingerprint density at radius 2 is 2.00 bits per heavy atom. The number of carbonyl (C=O) groups is 2. The number of nitrogens with two attached hydrogens (primary N) is 1.